The summed E-state index contributed by atoms with van der Waals surface area (Å²) in [4.78, 5) is 19.1. The summed E-state index contributed by atoms with van der Waals surface area (Å²) in [7, 11) is -0.620. The minimum absolute atomic E-state index is 0.123. The molecule has 0 spiro atoms. The predicted octanol–water partition coefficient (Wildman–Crippen LogP) is 2.75. The maximum atomic E-state index is 13.3. The average Bonchev–Trinajstić information content (AvgIpc) is 3.36. The van der Waals surface area contributed by atoms with Crippen LogP contribution in [0.15, 0.2) is 53.4 Å². The molecule has 11 heteroatoms. The number of thiazole rings is 1. The third-order valence-electron chi connectivity index (χ3n) is 5.03. The van der Waals surface area contributed by atoms with Crippen molar-refractivity contribution in [2.75, 3.05) is 20.4 Å². The largest absolute Gasteiger partial charge is 0.497 e. The molecule has 3 aromatic rings. The lowest BCUT2D eigenvalue weighted by atomic mass is 9.85. The first-order valence-corrected chi connectivity index (χ1v) is 12.5. The van der Waals surface area contributed by atoms with Crippen LogP contribution in [0, 0.1) is 0 Å². The van der Waals surface area contributed by atoms with Crippen molar-refractivity contribution in [1.29, 1.82) is 0 Å². The summed E-state index contributed by atoms with van der Waals surface area (Å²) in [6.45, 7) is 0. The van der Waals surface area contributed by atoms with E-state index in [4.69, 9.17) is 21.1 Å². The molecule has 166 valence electrons. The summed E-state index contributed by atoms with van der Waals surface area (Å²) in [5.41, 5.74) is 2.97. The van der Waals surface area contributed by atoms with Crippen molar-refractivity contribution in [2.45, 2.75) is 5.54 Å². The van der Waals surface area contributed by atoms with E-state index >= 15 is 0 Å². The fraction of sp³-hybridized carbons (Fsp3) is 0.190. The molecule has 0 radical (unpaired) electrons. The highest BCUT2D eigenvalue weighted by atomic mass is 32.2. The van der Waals surface area contributed by atoms with Crippen LogP contribution >= 0.6 is 23.6 Å². The molecule has 2 aromatic carbocycles. The average molecular weight is 490 g/mol. The highest BCUT2D eigenvalue weighted by molar-refractivity contribution is 7.86. The fourth-order valence-electron chi connectivity index (χ4n) is 3.57. The van der Waals surface area contributed by atoms with Crippen molar-refractivity contribution in [3.63, 3.8) is 0 Å². The third kappa shape index (κ3) is 3.94. The van der Waals surface area contributed by atoms with E-state index in [-0.39, 0.29) is 11.7 Å². The molecule has 1 saturated heterocycles. The number of hydrogen-bond acceptors (Lipinski definition) is 8. The molecular weight excluding hydrogens is 470 g/mol. The van der Waals surface area contributed by atoms with Gasteiger partial charge in [0.2, 0.25) is 0 Å². The molecule has 1 aliphatic rings. The summed E-state index contributed by atoms with van der Waals surface area (Å²) < 4.78 is 33.6. The van der Waals surface area contributed by atoms with E-state index in [1.165, 1.54) is 29.4 Å². The van der Waals surface area contributed by atoms with Gasteiger partial charge in [-0.25, -0.2) is 4.98 Å². The smallest absolute Gasteiger partial charge is 0.306 e. The van der Waals surface area contributed by atoms with Gasteiger partial charge in [-0.05, 0) is 47.1 Å². The number of hydrogen-bond donors (Lipinski definition) is 1. The van der Waals surface area contributed by atoms with Gasteiger partial charge in [0.15, 0.2) is 10.7 Å². The number of ether oxygens (including phenoxy) is 1. The van der Waals surface area contributed by atoms with Crippen molar-refractivity contribution in [3.8, 4) is 22.6 Å². The Morgan fingerprint density at radius 1 is 1.16 bits per heavy atom. The van der Waals surface area contributed by atoms with Gasteiger partial charge < -0.3 is 14.2 Å². The van der Waals surface area contributed by atoms with Gasteiger partial charge in [0.25, 0.3) is 5.91 Å². The monoisotopic (exact) mass is 489 g/mol. The van der Waals surface area contributed by atoms with E-state index in [9.17, 15) is 13.2 Å². The zero-order valence-corrected chi connectivity index (χ0v) is 19.8. The van der Waals surface area contributed by atoms with E-state index in [1.807, 2.05) is 29.6 Å². The predicted molar refractivity (Wildman–Crippen MR) is 125 cm³/mol. The number of rotatable bonds is 6. The molecule has 32 heavy (non-hydrogen) atoms. The van der Waals surface area contributed by atoms with Crippen LogP contribution < -0.4 is 14.2 Å². The van der Waals surface area contributed by atoms with Crippen LogP contribution in [0.3, 0.4) is 0 Å². The number of nitrogens with zero attached hydrogens (tertiary/aromatic N) is 2. The molecule has 1 fully saturated rings. The van der Waals surface area contributed by atoms with Gasteiger partial charge in [0, 0.05) is 18.5 Å². The second kappa shape index (κ2) is 8.15. The number of nitrogens with one attached hydrogen (secondary N) is 1. The molecule has 0 aliphatic carbocycles. The van der Waals surface area contributed by atoms with Crippen LogP contribution in [0.1, 0.15) is 11.3 Å². The quantitative estimate of drug-likeness (QED) is 0.417. The normalized spacial score (nSPS) is 18.5. The Kier molecular flexibility index (Phi) is 5.65. The first-order chi connectivity index (χ1) is 15.1. The number of carbonyl (C=O) groups excluding carboxylic acids is 1. The molecule has 0 saturated carbocycles. The molecule has 1 aromatic heterocycles. The molecular formula is C21H19N3O5S3. The Morgan fingerprint density at radius 2 is 1.91 bits per heavy atom. The van der Waals surface area contributed by atoms with Crippen LogP contribution in [-0.2, 0) is 20.5 Å². The fourth-order valence-corrected chi connectivity index (χ4v) is 4.85. The van der Waals surface area contributed by atoms with Gasteiger partial charge in [0.1, 0.15) is 11.5 Å². The van der Waals surface area contributed by atoms with E-state index in [1.54, 1.807) is 24.7 Å². The van der Waals surface area contributed by atoms with Gasteiger partial charge in [-0.15, -0.1) is 11.3 Å². The Hall–Kier alpha value is -3.02. The highest BCUT2D eigenvalue weighted by Gasteiger charge is 2.52. The van der Waals surface area contributed by atoms with Crippen LogP contribution in [0.5, 0.6) is 11.5 Å². The van der Waals surface area contributed by atoms with Crippen LogP contribution in [0.2, 0.25) is 0 Å². The van der Waals surface area contributed by atoms with Gasteiger partial charge in [-0.3, -0.25) is 9.69 Å². The summed E-state index contributed by atoms with van der Waals surface area (Å²) in [6, 6.07) is 12.2. The third-order valence-corrected chi connectivity index (χ3v) is 6.49. The molecule has 1 aliphatic heterocycles. The topological polar surface area (TPSA) is 97.8 Å². The Bertz CT molecular complexity index is 1310. The number of carbonyl (C=O) groups is 1. The molecule has 0 bridgehead atoms. The van der Waals surface area contributed by atoms with Crippen LogP contribution in [0.25, 0.3) is 11.1 Å². The van der Waals surface area contributed by atoms with Crippen LogP contribution in [0.4, 0.5) is 0 Å². The summed E-state index contributed by atoms with van der Waals surface area (Å²) in [6.07, 6.45) is 0.973. The summed E-state index contributed by atoms with van der Waals surface area (Å²) in [5.74, 6) is 0.312. The molecule has 1 atom stereocenters. The van der Waals surface area contributed by atoms with Crippen molar-refractivity contribution in [1.82, 2.24) is 15.2 Å². The summed E-state index contributed by atoms with van der Waals surface area (Å²) >= 11 is 6.73. The Morgan fingerprint density at radius 3 is 2.50 bits per heavy atom. The standard InChI is InChI=1S/C21H19N3O5S3/c1-24-19(25)21(23-20(24)30,18-11-31-12-22-18)15-6-4-5-13(7-15)14-8-16(28-2)10-17(9-14)29-32(3,26)27/h4-12H,1-3H3,(H,23,30). The van der Waals surface area contributed by atoms with E-state index < -0.39 is 15.7 Å². The number of thiocarbonyl (C=S) groups is 1. The van der Waals surface area contributed by atoms with E-state index in [0.717, 1.165) is 11.8 Å². The lowest BCUT2D eigenvalue weighted by molar-refractivity contribution is -0.129. The minimum atomic E-state index is -3.72. The first kappa shape index (κ1) is 22.2. The summed E-state index contributed by atoms with van der Waals surface area (Å²) in [5, 5.41) is 5.27. The number of methoxy groups -OCH3 is 1. The number of aromatic nitrogens is 1. The SMILES string of the molecule is COc1cc(OS(C)(=O)=O)cc(-c2cccc(C3(c4cscn4)NC(=S)N(C)C3=O)c2)c1. The van der Waals surface area contributed by atoms with Crippen molar-refractivity contribution < 1.29 is 22.1 Å². The number of benzene rings is 2. The Labute approximate surface area is 194 Å². The van der Waals surface area contributed by atoms with Gasteiger partial charge >= 0.3 is 10.1 Å². The molecule has 8 nitrogen and oxygen atoms in total. The lowest BCUT2D eigenvalue weighted by Gasteiger charge is -2.26. The Balaban J connectivity index is 1.86. The number of amides is 1. The second-order valence-corrected chi connectivity index (χ2v) is 9.86. The highest BCUT2D eigenvalue weighted by Crippen LogP contribution is 2.38. The van der Waals surface area contributed by atoms with Gasteiger partial charge in [-0.2, -0.15) is 8.42 Å². The van der Waals surface area contributed by atoms with E-state index in [0.29, 0.717) is 27.7 Å². The first-order valence-electron chi connectivity index (χ1n) is 9.32. The minimum Gasteiger partial charge on any atom is -0.497 e. The van der Waals surface area contributed by atoms with E-state index in [2.05, 4.69) is 10.3 Å². The number of likely N-dealkylation sites (N-methyl/N-ethyl adjacent to an activating group) is 1. The van der Waals surface area contributed by atoms with Crippen molar-refractivity contribution in [3.05, 3.63) is 64.6 Å². The molecule has 1 unspecified atom stereocenters. The zero-order chi connectivity index (χ0) is 23.1. The zero-order valence-electron chi connectivity index (χ0n) is 17.4. The molecule has 1 N–H and O–H groups in total. The van der Waals surface area contributed by atoms with Gasteiger partial charge in [0.05, 0.1) is 24.6 Å². The molecule has 2 heterocycles. The molecule has 1 amide bonds. The van der Waals surface area contributed by atoms with Gasteiger partial charge in [-0.1, -0.05) is 18.2 Å². The second-order valence-electron chi connectivity index (χ2n) is 7.18. The lowest BCUT2D eigenvalue weighted by Crippen LogP contribution is -2.45. The maximum absolute atomic E-state index is 13.3. The van der Waals surface area contributed by atoms with Crippen molar-refractivity contribution in [2.24, 2.45) is 0 Å². The van der Waals surface area contributed by atoms with Crippen LogP contribution in [-0.4, -0.2) is 49.7 Å². The van der Waals surface area contributed by atoms with Crippen molar-refractivity contribution >= 4 is 44.7 Å². The maximum Gasteiger partial charge on any atom is 0.306 e. The molecule has 4 rings (SSSR count).